The number of thioether (sulfide) groups is 1. The number of likely N-dealkylation sites (N-methyl/N-ethyl adjacent to an activating group) is 1. The summed E-state index contributed by atoms with van der Waals surface area (Å²) >= 11 is 8.00. The van der Waals surface area contributed by atoms with Crippen molar-refractivity contribution in [3.63, 3.8) is 0 Å². The number of carbonyl (C=O) groups is 2. The van der Waals surface area contributed by atoms with E-state index < -0.39 is 28.5 Å². The van der Waals surface area contributed by atoms with Gasteiger partial charge in [0.25, 0.3) is 10.0 Å². The zero-order valence-corrected chi connectivity index (χ0v) is 26.6. The first-order valence-corrected chi connectivity index (χ1v) is 16.7. The maximum absolute atomic E-state index is 14.3. The lowest BCUT2D eigenvalue weighted by Gasteiger charge is -2.33. The van der Waals surface area contributed by atoms with E-state index in [0.717, 1.165) is 20.3 Å². The highest BCUT2D eigenvalue weighted by Crippen LogP contribution is 2.27. The van der Waals surface area contributed by atoms with Crippen LogP contribution in [0.1, 0.15) is 16.7 Å². The molecule has 43 heavy (non-hydrogen) atoms. The van der Waals surface area contributed by atoms with Crippen molar-refractivity contribution in [3.05, 3.63) is 125 Å². The summed E-state index contributed by atoms with van der Waals surface area (Å²) in [6, 6.07) is 29.0. The summed E-state index contributed by atoms with van der Waals surface area (Å²) in [6.45, 7) is 1.38. The number of rotatable bonds is 12. The number of amides is 2. The molecule has 4 aromatic rings. The first kappa shape index (κ1) is 32.1. The van der Waals surface area contributed by atoms with Crippen LogP contribution in [-0.4, -0.2) is 51.0 Å². The summed E-state index contributed by atoms with van der Waals surface area (Å²) in [5.41, 5.74) is 2.77. The van der Waals surface area contributed by atoms with Crippen LogP contribution in [0.25, 0.3) is 0 Å². The maximum atomic E-state index is 14.3. The lowest BCUT2D eigenvalue weighted by Crippen LogP contribution is -2.53. The van der Waals surface area contributed by atoms with E-state index in [1.807, 2.05) is 43.5 Å². The molecule has 1 unspecified atom stereocenters. The Balaban J connectivity index is 1.79. The molecule has 2 amide bonds. The smallest absolute Gasteiger partial charge is 0.264 e. The van der Waals surface area contributed by atoms with Gasteiger partial charge in [0.1, 0.15) is 12.6 Å². The third-order valence-corrected chi connectivity index (χ3v) is 9.96. The third-order valence-electron chi connectivity index (χ3n) is 7.06. The molecule has 0 radical (unpaired) electrons. The Bertz CT molecular complexity index is 1650. The lowest BCUT2D eigenvalue weighted by molar-refractivity contribution is -0.139. The predicted octanol–water partition coefficient (Wildman–Crippen LogP) is 5.95. The number of aryl methyl sites for hydroxylation is 1. The lowest BCUT2D eigenvalue weighted by atomic mass is 10.0. The van der Waals surface area contributed by atoms with Crippen molar-refractivity contribution in [2.75, 3.05) is 24.2 Å². The Morgan fingerprint density at radius 1 is 0.884 bits per heavy atom. The van der Waals surface area contributed by atoms with Crippen molar-refractivity contribution in [2.45, 2.75) is 35.7 Å². The molecule has 0 heterocycles. The predicted molar refractivity (Wildman–Crippen MR) is 174 cm³/mol. The van der Waals surface area contributed by atoms with Gasteiger partial charge in [0.2, 0.25) is 11.8 Å². The third kappa shape index (κ3) is 7.98. The Kier molecular flexibility index (Phi) is 10.9. The first-order valence-electron chi connectivity index (χ1n) is 13.7. The summed E-state index contributed by atoms with van der Waals surface area (Å²) in [6.07, 6.45) is 2.14. The number of benzene rings is 4. The zero-order chi connectivity index (χ0) is 31.0. The van der Waals surface area contributed by atoms with Gasteiger partial charge in [0.05, 0.1) is 10.6 Å². The number of halogens is 1. The van der Waals surface area contributed by atoms with Crippen molar-refractivity contribution in [1.29, 1.82) is 0 Å². The van der Waals surface area contributed by atoms with Gasteiger partial charge < -0.3 is 10.2 Å². The highest BCUT2D eigenvalue weighted by Gasteiger charge is 2.34. The Morgan fingerprint density at radius 3 is 2.12 bits per heavy atom. The topological polar surface area (TPSA) is 86.8 Å². The van der Waals surface area contributed by atoms with Crippen molar-refractivity contribution >= 4 is 50.9 Å². The molecule has 0 bridgehead atoms. The minimum atomic E-state index is -4.16. The van der Waals surface area contributed by atoms with E-state index in [-0.39, 0.29) is 23.8 Å². The second-order valence-electron chi connectivity index (χ2n) is 9.96. The van der Waals surface area contributed by atoms with Gasteiger partial charge in [0.15, 0.2) is 0 Å². The molecule has 4 aromatic carbocycles. The van der Waals surface area contributed by atoms with E-state index in [2.05, 4.69) is 5.32 Å². The molecular formula is C33H34ClN3O4S2. The fraction of sp³-hybridized carbons (Fsp3) is 0.212. The molecule has 0 aromatic heterocycles. The normalized spacial score (nSPS) is 11.9. The number of nitrogens with zero attached hydrogens (tertiary/aromatic N) is 2. The van der Waals surface area contributed by atoms with Crippen molar-refractivity contribution in [1.82, 2.24) is 10.2 Å². The average molecular weight is 636 g/mol. The number of anilines is 1. The molecule has 0 saturated carbocycles. The molecule has 10 heteroatoms. The van der Waals surface area contributed by atoms with Gasteiger partial charge in [-0.1, -0.05) is 77.8 Å². The molecule has 1 atom stereocenters. The van der Waals surface area contributed by atoms with Crippen molar-refractivity contribution in [3.8, 4) is 0 Å². The summed E-state index contributed by atoms with van der Waals surface area (Å²) < 4.78 is 29.3. The summed E-state index contributed by atoms with van der Waals surface area (Å²) in [7, 11) is -2.65. The molecule has 7 nitrogen and oxygen atoms in total. The maximum Gasteiger partial charge on any atom is 0.264 e. The number of hydrogen-bond donors (Lipinski definition) is 1. The summed E-state index contributed by atoms with van der Waals surface area (Å²) in [5, 5.41) is 3.12. The van der Waals surface area contributed by atoms with E-state index in [0.29, 0.717) is 16.3 Å². The van der Waals surface area contributed by atoms with Crippen LogP contribution in [0.3, 0.4) is 0 Å². The largest absolute Gasteiger partial charge is 0.357 e. The van der Waals surface area contributed by atoms with Crippen molar-refractivity contribution < 1.29 is 18.0 Å². The first-order chi connectivity index (χ1) is 20.6. The molecule has 4 rings (SSSR count). The van der Waals surface area contributed by atoms with Crippen LogP contribution >= 0.6 is 23.4 Å². The van der Waals surface area contributed by atoms with Gasteiger partial charge in [-0.25, -0.2) is 8.42 Å². The average Bonchev–Trinajstić information content (AvgIpc) is 3.02. The monoisotopic (exact) mass is 635 g/mol. The fourth-order valence-electron chi connectivity index (χ4n) is 4.65. The van der Waals surface area contributed by atoms with Gasteiger partial charge in [-0.3, -0.25) is 13.9 Å². The Morgan fingerprint density at radius 2 is 1.51 bits per heavy atom. The molecule has 0 aliphatic heterocycles. The number of carbonyl (C=O) groups excluding carboxylic acids is 2. The molecule has 0 aliphatic carbocycles. The molecule has 224 valence electrons. The Hall–Kier alpha value is -3.79. The zero-order valence-electron chi connectivity index (χ0n) is 24.2. The minimum absolute atomic E-state index is 0.00757. The summed E-state index contributed by atoms with van der Waals surface area (Å²) in [5.74, 6) is -0.920. The van der Waals surface area contributed by atoms with Gasteiger partial charge >= 0.3 is 0 Å². The SMILES string of the molecule is CNC(=O)C(Cc1ccccc1)N(Cc1ccccc1Cl)C(=O)CN(c1ccc(C)cc1)S(=O)(=O)c1ccc(SC)cc1. The number of nitrogens with one attached hydrogen (secondary N) is 1. The molecule has 0 spiro atoms. The van der Waals surface area contributed by atoms with Crippen LogP contribution < -0.4 is 9.62 Å². The van der Waals surface area contributed by atoms with Crippen LogP contribution in [0.5, 0.6) is 0 Å². The minimum Gasteiger partial charge on any atom is -0.357 e. The van der Waals surface area contributed by atoms with E-state index in [9.17, 15) is 18.0 Å². The van der Waals surface area contributed by atoms with E-state index in [1.165, 1.54) is 35.8 Å². The molecule has 1 N–H and O–H groups in total. The number of sulfonamides is 1. The van der Waals surface area contributed by atoms with Crippen LogP contribution in [0.4, 0.5) is 5.69 Å². The van der Waals surface area contributed by atoms with E-state index >= 15 is 0 Å². The molecule has 0 fully saturated rings. The van der Waals surface area contributed by atoms with Crippen LogP contribution in [-0.2, 0) is 32.6 Å². The van der Waals surface area contributed by atoms with Gasteiger partial charge in [-0.2, -0.15) is 0 Å². The summed E-state index contributed by atoms with van der Waals surface area (Å²) in [4.78, 5) is 30.1. The van der Waals surface area contributed by atoms with Gasteiger partial charge in [0, 0.05) is 29.9 Å². The van der Waals surface area contributed by atoms with E-state index in [1.54, 1.807) is 60.7 Å². The second-order valence-corrected chi connectivity index (χ2v) is 13.1. The fourth-order valence-corrected chi connectivity index (χ4v) is 6.66. The highest BCUT2D eigenvalue weighted by atomic mass is 35.5. The highest BCUT2D eigenvalue weighted by molar-refractivity contribution is 7.98. The van der Waals surface area contributed by atoms with Crippen LogP contribution in [0, 0.1) is 6.92 Å². The number of hydrogen-bond acceptors (Lipinski definition) is 5. The quantitative estimate of drug-likeness (QED) is 0.194. The molecule has 0 saturated heterocycles. The van der Waals surface area contributed by atoms with Crippen LogP contribution in [0.15, 0.2) is 113 Å². The van der Waals surface area contributed by atoms with Crippen molar-refractivity contribution in [2.24, 2.45) is 0 Å². The van der Waals surface area contributed by atoms with E-state index in [4.69, 9.17) is 11.6 Å². The Labute approximate surface area is 262 Å². The van der Waals surface area contributed by atoms with Gasteiger partial charge in [-0.15, -0.1) is 11.8 Å². The van der Waals surface area contributed by atoms with Gasteiger partial charge in [-0.05, 0) is 66.8 Å². The molecule has 0 aliphatic rings. The van der Waals surface area contributed by atoms with Crippen LogP contribution in [0.2, 0.25) is 5.02 Å². The second kappa shape index (κ2) is 14.6. The standard InChI is InChI=1S/C33H34ClN3O4S2/c1-24-13-15-27(16-14-24)37(43(40,41)29-19-17-28(42-3)18-20-29)23-32(38)36(22-26-11-7-8-12-30(26)34)31(33(39)35-2)21-25-9-5-4-6-10-25/h4-20,31H,21-23H2,1-3H3,(H,35,39). The molecular weight excluding hydrogens is 602 g/mol.